The first-order valence-electron chi connectivity index (χ1n) is 3.93. The molecule has 0 aromatic carbocycles. The number of aromatic nitrogens is 4. The van der Waals surface area contributed by atoms with Crippen molar-refractivity contribution in [1.82, 2.24) is 19.9 Å². The van der Waals surface area contributed by atoms with E-state index in [0.717, 1.165) is 5.56 Å². The average Bonchev–Trinajstić information content (AvgIpc) is 2.18. The molecular weight excluding hydrogens is 180 g/mol. The van der Waals surface area contributed by atoms with Crippen LogP contribution in [0.5, 0.6) is 0 Å². The first kappa shape index (κ1) is 8.36. The molecule has 4 N–H and O–H groups in total. The van der Waals surface area contributed by atoms with Crippen molar-refractivity contribution in [2.45, 2.75) is 0 Å². The van der Waals surface area contributed by atoms with E-state index in [9.17, 15) is 0 Å². The van der Waals surface area contributed by atoms with E-state index in [1.807, 2.05) is 0 Å². The summed E-state index contributed by atoms with van der Waals surface area (Å²) in [5, 5.41) is 0. The number of nitrogens with zero attached hydrogens (tertiary/aromatic N) is 4. The molecule has 2 rings (SSSR count). The third kappa shape index (κ3) is 1.58. The molecule has 0 aliphatic heterocycles. The Morgan fingerprint density at radius 2 is 1.43 bits per heavy atom. The normalized spacial score (nSPS) is 10.0. The van der Waals surface area contributed by atoms with Crippen molar-refractivity contribution in [1.29, 1.82) is 0 Å². The first-order chi connectivity index (χ1) is 6.75. The number of rotatable bonds is 1. The summed E-state index contributed by atoms with van der Waals surface area (Å²) in [5.74, 6) is 0.686. The summed E-state index contributed by atoms with van der Waals surface area (Å²) >= 11 is 0. The van der Waals surface area contributed by atoms with Crippen molar-refractivity contribution >= 4 is 11.9 Å². The maximum absolute atomic E-state index is 5.44. The monoisotopic (exact) mass is 188 g/mol. The standard InChI is InChI=1S/C8H8N6/c9-7-12-6(13-8(10)14-7)5-1-3-11-4-2-5/h1-4H,(H4,9,10,12,13,14). The number of hydrogen-bond acceptors (Lipinski definition) is 6. The van der Waals surface area contributed by atoms with Crippen LogP contribution in [0.4, 0.5) is 11.9 Å². The molecule has 0 spiro atoms. The van der Waals surface area contributed by atoms with Gasteiger partial charge in [0.05, 0.1) is 0 Å². The van der Waals surface area contributed by atoms with E-state index < -0.39 is 0 Å². The maximum Gasteiger partial charge on any atom is 0.225 e. The fourth-order valence-electron chi connectivity index (χ4n) is 1.04. The van der Waals surface area contributed by atoms with Crippen molar-refractivity contribution in [2.24, 2.45) is 0 Å². The molecule has 0 radical (unpaired) electrons. The van der Waals surface area contributed by atoms with Gasteiger partial charge in [-0.05, 0) is 12.1 Å². The number of nitrogens with two attached hydrogens (primary N) is 2. The molecule has 0 bridgehead atoms. The van der Waals surface area contributed by atoms with Gasteiger partial charge in [0, 0.05) is 18.0 Å². The Balaban J connectivity index is 2.52. The lowest BCUT2D eigenvalue weighted by Gasteiger charge is -2.00. The van der Waals surface area contributed by atoms with Crippen LogP contribution in [-0.4, -0.2) is 19.9 Å². The molecule has 14 heavy (non-hydrogen) atoms. The zero-order valence-electron chi connectivity index (χ0n) is 7.25. The molecule has 2 heterocycles. The highest BCUT2D eigenvalue weighted by Gasteiger charge is 2.03. The predicted molar refractivity (Wildman–Crippen MR) is 51.9 cm³/mol. The Bertz CT molecular complexity index is 421. The van der Waals surface area contributed by atoms with E-state index in [1.54, 1.807) is 24.5 Å². The lowest BCUT2D eigenvalue weighted by molar-refractivity contribution is 1.08. The maximum atomic E-state index is 5.44. The number of pyridine rings is 1. The third-order valence-electron chi connectivity index (χ3n) is 1.61. The van der Waals surface area contributed by atoms with Crippen molar-refractivity contribution < 1.29 is 0 Å². The molecule has 0 aliphatic rings. The SMILES string of the molecule is Nc1nc(N)nc(-c2ccncc2)n1. The smallest absolute Gasteiger partial charge is 0.225 e. The van der Waals surface area contributed by atoms with Gasteiger partial charge in [0.1, 0.15) is 0 Å². The van der Waals surface area contributed by atoms with Crippen molar-refractivity contribution in [3.63, 3.8) is 0 Å². The summed E-state index contributed by atoms with van der Waals surface area (Å²) in [6.45, 7) is 0. The topological polar surface area (TPSA) is 104 Å². The number of anilines is 2. The minimum atomic E-state index is 0.115. The summed E-state index contributed by atoms with van der Waals surface area (Å²) in [4.78, 5) is 15.5. The molecule has 0 amide bonds. The van der Waals surface area contributed by atoms with E-state index in [1.165, 1.54) is 0 Å². The van der Waals surface area contributed by atoms with E-state index in [0.29, 0.717) is 5.82 Å². The van der Waals surface area contributed by atoms with Crippen LogP contribution in [0.2, 0.25) is 0 Å². The molecule has 0 atom stereocenters. The summed E-state index contributed by atoms with van der Waals surface area (Å²) in [6.07, 6.45) is 3.29. The molecule has 70 valence electrons. The zero-order chi connectivity index (χ0) is 9.97. The fraction of sp³-hybridized carbons (Fsp3) is 0. The van der Waals surface area contributed by atoms with Crippen LogP contribution in [0.15, 0.2) is 24.5 Å². The molecule has 6 heteroatoms. The zero-order valence-corrected chi connectivity index (χ0v) is 7.25. The summed E-state index contributed by atoms with van der Waals surface area (Å²) in [5.41, 5.74) is 11.7. The third-order valence-corrected chi connectivity index (χ3v) is 1.61. The summed E-state index contributed by atoms with van der Waals surface area (Å²) in [7, 11) is 0. The van der Waals surface area contributed by atoms with Gasteiger partial charge >= 0.3 is 0 Å². The predicted octanol–water partition coefficient (Wildman–Crippen LogP) is 0.0980. The van der Waals surface area contributed by atoms with E-state index >= 15 is 0 Å². The molecule has 0 aliphatic carbocycles. The van der Waals surface area contributed by atoms with Crippen molar-refractivity contribution in [3.8, 4) is 11.4 Å². The first-order valence-corrected chi connectivity index (χ1v) is 3.93. The quantitative estimate of drug-likeness (QED) is 0.657. The van der Waals surface area contributed by atoms with Gasteiger partial charge < -0.3 is 11.5 Å². The molecule has 0 unspecified atom stereocenters. The molecule has 2 aromatic rings. The second-order valence-electron chi connectivity index (χ2n) is 2.61. The molecule has 2 aromatic heterocycles. The lowest BCUT2D eigenvalue weighted by Crippen LogP contribution is -2.04. The Hall–Kier alpha value is -2.24. The second-order valence-corrected chi connectivity index (χ2v) is 2.61. The molecule has 0 saturated carbocycles. The van der Waals surface area contributed by atoms with Gasteiger partial charge in [-0.15, -0.1) is 0 Å². The van der Waals surface area contributed by atoms with Gasteiger partial charge in [-0.3, -0.25) is 4.98 Å². The van der Waals surface area contributed by atoms with Crippen molar-refractivity contribution in [2.75, 3.05) is 11.5 Å². The minimum absolute atomic E-state index is 0.115. The van der Waals surface area contributed by atoms with Gasteiger partial charge in [0.25, 0.3) is 0 Å². The highest BCUT2D eigenvalue weighted by molar-refractivity contribution is 5.55. The average molecular weight is 188 g/mol. The van der Waals surface area contributed by atoms with Crippen LogP contribution in [-0.2, 0) is 0 Å². The van der Waals surface area contributed by atoms with E-state index in [2.05, 4.69) is 19.9 Å². The Morgan fingerprint density at radius 3 is 2.00 bits per heavy atom. The van der Waals surface area contributed by atoms with Crippen molar-refractivity contribution in [3.05, 3.63) is 24.5 Å². The van der Waals surface area contributed by atoms with Gasteiger partial charge in [-0.2, -0.15) is 15.0 Å². The van der Waals surface area contributed by atoms with Crippen LogP contribution in [0, 0.1) is 0 Å². The van der Waals surface area contributed by atoms with Gasteiger partial charge in [0.2, 0.25) is 11.9 Å². The van der Waals surface area contributed by atoms with Crippen LogP contribution in [0.3, 0.4) is 0 Å². The van der Waals surface area contributed by atoms with E-state index in [4.69, 9.17) is 11.5 Å². The minimum Gasteiger partial charge on any atom is -0.368 e. The number of hydrogen-bond donors (Lipinski definition) is 2. The van der Waals surface area contributed by atoms with Crippen LogP contribution < -0.4 is 11.5 Å². The number of nitrogen functional groups attached to an aromatic ring is 2. The Kier molecular flexibility index (Phi) is 1.94. The molecule has 6 nitrogen and oxygen atoms in total. The summed E-state index contributed by atoms with van der Waals surface area (Å²) < 4.78 is 0. The Labute approximate surface area is 80.0 Å². The second kappa shape index (κ2) is 3.25. The molecule has 0 fully saturated rings. The van der Waals surface area contributed by atoms with Gasteiger partial charge in [0.15, 0.2) is 5.82 Å². The van der Waals surface area contributed by atoms with Crippen LogP contribution >= 0.6 is 0 Å². The lowest BCUT2D eigenvalue weighted by atomic mass is 10.2. The Morgan fingerprint density at radius 1 is 0.857 bits per heavy atom. The van der Waals surface area contributed by atoms with Crippen LogP contribution in [0.1, 0.15) is 0 Å². The van der Waals surface area contributed by atoms with Gasteiger partial charge in [-0.1, -0.05) is 0 Å². The largest absolute Gasteiger partial charge is 0.368 e. The fourth-order valence-corrected chi connectivity index (χ4v) is 1.04. The van der Waals surface area contributed by atoms with Gasteiger partial charge in [-0.25, -0.2) is 0 Å². The molecule has 0 saturated heterocycles. The summed E-state index contributed by atoms with van der Waals surface area (Å²) in [6, 6.07) is 3.54. The van der Waals surface area contributed by atoms with E-state index in [-0.39, 0.29) is 11.9 Å². The highest BCUT2D eigenvalue weighted by Crippen LogP contribution is 2.13. The molecular formula is C8H8N6. The van der Waals surface area contributed by atoms with Crippen LogP contribution in [0.25, 0.3) is 11.4 Å². The highest BCUT2D eigenvalue weighted by atomic mass is 15.1.